The molecule has 0 aliphatic rings. The molecular formula is C16H21N3O3. The van der Waals surface area contributed by atoms with Crippen molar-refractivity contribution in [3.63, 3.8) is 0 Å². The molecule has 0 saturated carbocycles. The molecule has 22 heavy (non-hydrogen) atoms. The van der Waals surface area contributed by atoms with E-state index in [0.717, 1.165) is 18.5 Å². The molecule has 2 aromatic rings. The Balaban J connectivity index is 2.42. The molecule has 0 spiro atoms. The molecule has 1 aromatic heterocycles. The van der Waals surface area contributed by atoms with E-state index in [-0.39, 0.29) is 11.3 Å². The van der Waals surface area contributed by atoms with E-state index in [1.165, 1.54) is 13.2 Å². The molecule has 2 rings (SSSR count). The number of benzene rings is 1. The van der Waals surface area contributed by atoms with Gasteiger partial charge in [-0.2, -0.15) is 5.10 Å². The topological polar surface area (TPSA) is 90.4 Å². The van der Waals surface area contributed by atoms with Crippen molar-refractivity contribution in [3.05, 3.63) is 35.5 Å². The summed E-state index contributed by atoms with van der Waals surface area (Å²) in [5.41, 5.74) is 7.75. The van der Waals surface area contributed by atoms with E-state index in [4.69, 9.17) is 15.6 Å². The van der Waals surface area contributed by atoms with Crippen LogP contribution in [0.3, 0.4) is 0 Å². The summed E-state index contributed by atoms with van der Waals surface area (Å²) >= 11 is 0. The van der Waals surface area contributed by atoms with Crippen LogP contribution in [0.1, 0.15) is 48.7 Å². The highest BCUT2D eigenvalue weighted by molar-refractivity contribution is 5.91. The van der Waals surface area contributed by atoms with Crippen LogP contribution in [0.25, 0.3) is 5.69 Å². The van der Waals surface area contributed by atoms with E-state index in [9.17, 15) is 4.79 Å². The molecule has 3 N–H and O–H groups in total. The summed E-state index contributed by atoms with van der Waals surface area (Å²) in [6, 6.07) is 6.65. The lowest BCUT2D eigenvalue weighted by molar-refractivity contribution is 0.0693. The van der Waals surface area contributed by atoms with Gasteiger partial charge in [-0.1, -0.05) is 20.3 Å². The Hall–Kier alpha value is -2.50. The second-order valence-corrected chi connectivity index (χ2v) is 5.29. The average Bonchev–Trinajstić information content (AvgIpc) is 2.88. The molecule has 0 bridgehead atoms. The fourth-order valence-corrected chi connectivity index (χ4v) is 2.43. The van der Waals surface area contributed by atoms with Crippen LogP contribution in [0.15, 0.2) is 24.3 Å². The number of ether oxygens (including phenoxy) is 1. The SMILES string of the molecule is CCCC(C)c1cc(N)n(-c2ccc(C(=O)O)c(OC)c2)n1. The van der Waals surface area contributed by atoms with E-state index in [0.29, 0.717) is 17.4 Å². The number of methoxy groups -OCH3 is 1. The Morgan fingerprint density at radius 3 is 2.77 bits per heavy atom. The Morgan fingerprint density at radius 2 is 2.18 bits per heavy atom. The van der Waals surface area contributed by atoms with Gasteiger partial charge in [-0.25, -0.2) is 9.48 Å². The predicted molar refractivity (Wildman–Crippen MR) is 84.8 cm³/mol. The number of nitrogen functional groups attached to an aromatic ring is 1. The van der Waals surface area contributed by atoms with Gasteiger partial charge in [0.05, 0.1) is 18.5 Å². The number of anilines is 1. The molecule has 0 aliphatic heterocycles. The minimum absolute atomic E-state index is 0.108. The van der Waals surface area contributed by atoms with Gasteiger partial charge in [0, 0.05) is 18.1 Å². The number of hydrogen-bond donors (Lipinski definition) is 2. The van der Waals surface area contributed by atoms with Crippen molar-refractivity contribution in [3.8, 4) is 11.4 Å². The van der Waals surface area contributed by atoms with Crippen LogP contribution < -0.4 is 10.5 Å². The monoisotopic (exact) mass is 303 g/mol. The quantitative estimate of drug-likeness (QED) is 0.856. The Labute approximate surface area is 129 Å². The van der Waals surface area contributed by atoms with E-state index in [1.54, 1.807) is 16.8 Å². The van der Waals surface area contributed by atoms with Crippen LogP contribution >= 0.6 is 0 Å². The molecule has 118 valence electrons. The zero-order valence-corrected chi connectivity index (χ0v) is 13.0. The summed E-state index contributed by atoms with van der Waals surface area (Å²) < 4.78 is 6.75. The van der Waals surface area contributed by atoms with Crippen molar-refractivity contribution in [1.29, 1.82) is 0 Å². The number of carboxylic acid groups (broad SMARTS) is 1. The van der Waals surface area contributed by atoms with Crippen LogP contribution in [0, 0.1) is 0 Å². The highest BCUT2D eigenvalue weighted by Crippen LogP contribution is 2.26. The molecule has 0 fully saturated rings. The Kier molecular flexibility index (Phi) is 4.70. The van der Waals surface area contributed by atoms with Crippen LogP contribution in [0.5, 0.6) is 5.75 Å². The standard InChI is InChI=1S/C16H21N3O3/c1-4-5-10(2)13-9-15(17)19(18-13)11-6-7-12(16(20)21)14(8-11)22-3/h6-10H,4-5,17H2,1-3H3,(H,20,21). The highest BCUT2D eigenvalue weighted by Gasteiger charge is 2.16. The number of aromatic carboxylic acids is 1. The van der Waals surface area contributed by atoms with Crippen LogP contribution in [0.4, 0.5) is 5.82 Å². The molecule has 0 radical (unpaired) electrons. The first-order valence-electron chi connectivity index (χ1n) is 7.25. The van der Waals surface area contributed by atoms with Crippen molar-refractivity contribution in [2.24, 2.45) is 0 Å². The Morgan fingerprint density at radius 1 is 1.45 bits per heavy atom. The smallest absolute Gasteiger partial charge is 0.339 e. The first kappa shape index (κ1) is 15.9. The molecule has 1 atom stereocenters. The van der Waals surface area contributed by atoms with Gasteiger partial charge in [-0.05, 0) is 18.6 Å². The first-order chi connectivity index (χ1) is 10.5. The molecule has 0 saturated heterocycles. The maximum atomic E-state index is 11.1. The van der Waals surface area contributed by atoms with Crippen molar-refractivity contribution < 1.29 is 14.6 Å². The normalized spacial score (nSPS) is 12.1. The van der Waals surface area contributed by atoms with Crippen LogP contribution in [-0.4, -0.2) is 28.0 Å². The largest absolute Gasteiger partial charge is 0.496 e. The fourth-order valence-electron chi connectivity index (χ4n) is 2.43. The van der Waals surface area contributed by atoms with Crippen molar-refractivity contribution in [2.75, 3.05) is 12.8 Å². The number of nitrogens with two attached hydrogens (primary N) is 1. The third-order valence-corrected chi connectivity index (χ3v) is 3.64. The molecule has 1 heterocycles. The zero-order chi connectivity index (χ0) is 16.3. The maximum Gasteiger partial charge on any atom is 0.339 e. The molecule has 6 heteroatoms. The number of carboxylic acids is 1. The number of aromatic nitrogens is 2. The van der Waals surface area contributed by atoms with Gasteiger partial charge in [0.25, 0.3) is 0 Å². The number of rotatable bonds is 6. The zero-order valence-electron chi connectivity index (χ0n) is 13.0. The highest BCUT2D eigenvalue weighted by atomic mass is 16.5. The summed E-state index contributed by atoms with van der Waals surface area (Å²) in [7, 11) is 1.44. The van der Waals surface area contributed by atoms with Crippen LogP contribution in [0.2, 0.25) is 0 Å². The lowest BCUT2D eigenvalue weighted by atomic mass is 10.0. The predicted octanol–water partition coefficient (Wildman–Crippen LogP) is 3.06. The second kappa shape index (κ2) is 6.51. The average molecular weight is 303 g/mol. The van der Waals surface area contributed by atoms with Gasteiger partial charge in [-0.3, -0.25) is 0 Å². The van der Waals surface area contributed by atoms with E-state index in [1.807, 2.05) is 6.07 Å². The summed E-state index contributed by atoms with van der Waals surface area (Å²) in [6.07, 6.45) is 2.12. The lowest BCUT2D eigenvalue weighted by Crippen LogP contribution is -2.05. The maximum absolute atomic E-state index is 11.1. The van der Waals surface area contributed by atoms with Gasteiger partial charge in [-0.15, -0.1) is 0 Å². The minimum atomic E-state index is -1.03. The summed E-state index contributed by atoms with van der Waals surface area (Å²) in [4.78, 5) is 11.1. The molecule has 1 unspecified atom stereocenters. The van der Waals surface area contributed by atoms with Gasteiger partial charge in [0.15, 0.2) is 0 Å². The van der Waals surface area contributed by atoms with Crippen molar-refractivity contribution in [1.82, 2.24) is 9.78 Å². The van der Waals surface area contributed by atoms with Gasteiger partial charge >= 0.3 is 5.97 Å². The number of nitrogens with zero attached hydrogens (tertiary/aromatic N) is 2. The fraction of sp³-hybridized carbons (Fsp3) is 0.375. The molecule has 6 nitrogen and oxygen atoms in total. The molecule has 0 amide bonds. The first-order valence-corrected chi connectivity index (χ1v) is 7.25. The Bertz CT molecular complexity index is 679. The third-order valence-electron chi connectivity index (χ3n) is 3.64. The van der Waals surface area contributed by atoms with E-state index in [2.05, 4.69) is 18.9 Å². The molecule has 1 aromatic carbocycles. The second-order valence-electron chi connectivity index (χ2n) is 5.29. The van der Waals surface area contributed by atoms with E-state index >= 15 is 0 Å². The van der Waals surface area contributed by atoms with Gasteiger partial charge in [0.1, 0.15) is 17.1 Å². The van der Waals surface area contributed by atoms with Crippen LogP contribution in [-0.2, 0) is 0 Å². The summed E-state index contributed by atoms with van der Waals surface area (Å²) in [6.45, 7) is 4.25. The van der Waals surface area contributed by atoms with E-state index < -0.39 is 5.97 Å². The van der Waals surface area contributed by atoms with Crippen molar-refractivity contribution >= 4 is 11.8 Å². The van der Waals surface area contributed by atoms with Crippen molar-refractivity contribution in [2.45, 2.75) is 32.6 Å². The van der Waals surface area contributed by atoms with Gasteiger partial charge in [0.2, 0.25) is 0 Å². The summed E-state index contributed by atoms with van der Waals surface area (Å²) in [5.74, 6) is 0.0916. The third kappa shape index (κ3) is 3.05. The van der Waals surface area contributed by atoms with Gasteiger partial charge < -0.3 is 15.6 Å². The number of hydrogen-bond acceptors (Lipinski definition) is 4. The molecular weight excluding hydrogens is 282 g/mol. The molecule has 0 aliphatic carbocycles. The number of carbonyl (C=O) groups is 1. The minimum Gasteiger partial charge on any atom is -0.496 e. The summed E-state index contributed by atoms with van der Waals surface area (Å²) in [5, 5.41) is 13.7. The lowest BCUT2D eigenvalue weighted by Gasteiger charge is -2.09.